The molecule has 0 N–H and O–H groups in total. The van der Waals surface area contributed by atoms with Crippen LogP contribution in [0.5, 0.6) is 5.75 Å². The number of hydrogen-bond donors (Lipinski definition) is 0. The minimum Gasteiger partial charge on any atom is -0.492 e. The first-order chi connectivity index (χ1) is 9.70. The van der Waals surface area contributed by atoms with Crippen molar-refractivity contribution >= 4 is 17.6 Å². The number of esters is 1. The summed E-state index contributed by atoms with van der Waals surface area (Å²) in [7, 11) is 1.36. The fraction of sp³-hybridized carbons (Fsp3) is 0.200. The van der Waals surface area contributed by atoms with Crippen LogP contribution in [0.1, 0.15) is 11.5 Å². The van der Waals surface area contributed by atoms with Gasteiger partial charge in [0.05, 0.1) is 7.11 Å². The number of pyridine rings is 1. The Kier molecular flexibility index (Phi) is 4.96. The zero-order chi connectivity index (χ0) is 14.4. The number of hydrogen-bond acceptors (Lipinski definition) is 4. The van der Waals surface area contributed by atoms with E-state index in [2.05, 4.69) is 4.98 Å². The van der Waals surface area contributed by atoms with E-state index in [-0.39, 0.29) is 12.6 Å². The molecular weight excluding hydrogens is 278 g/mol. The lowest BCUT2D eigenvalue weighted by molar-refractivity contribution is -0.143. The second kappa shape index (κ2) is 6.91. The summed E-state index contributed by atoms with van der Waals surface area (Å²) < 4.78 is 10.4. The fourth-order valence-corrected chi connectivity index (χ4v) is 1.86. The second-order valence-corrected chi connectivity index (χ2v) is 4.56. The van der Waals surface area contributed by atoms with Crippen molar-refractivity contribution < 1.29 is 14.3 Å². The van der Waals surface area contributed by atoms with Crippen LogP contribution in [0, 0.1) is 0 Å². The summed E-state index contributed by atoms with van der Waals surface area (Å²) in [6.45, 7) is 0.181. The van der Waals surface area contributed by atoms with Gasteiger partial charge in [-0.15, -0.1) is 0 Å². The van der Waals surface area contributed by atoms with Crippen molar-refractivity contribution in [2.45, 2.75) is 5.92 Å². The van der Waals surface area contributed by atoms with Gasteiger partial charge in [0.1, 0.15) is 18.3 Å². The molecule has 0 saturated heterocycles. The largest absolute Gasteiger partial charge is 0.492 e. The summed E-state index contributed by atoms with van der Waals surface area (Å²) in [4.78, 5) is 15.8. The van der Waals surface area contributed by atoms with Crippen LogP contribution in [0.25, 0.3) is 0 Å². The van der Waals surface area contributed by atoms with E-state index in [0.29, 0.717) is 10.8 Å². The minimum absolute atomic E-state index is 0.181. The molecule has 20 heavy (non-hydrogen) atoms. The zero-order valence-corrected chi connectivity index (χ0v) is 11.7. The molecule has 4 nitrogen and oxygen atoms in total. The number of carbonyl (C=O) groups is 1. The van der Waals surface area contributed by atoms with E-state index in [4.69, 9.17) is 21.1 Å². The van der Waals surface area contributed by atoms with Crippen molar-refractivity contribution in [3.05, 3.63) is 59.4 Å². The van der Waals surface area contributed by atoms with Crippen molar-refractivity contribution in [3.8, 4) is 5.75 Å². The summed E-state index contributed by atoms with van der Waals surface area (Å²) in [6, 6.07) is 10.6. The molecule has 104 valence electrons. The Morgan fingerprint density at radius 1 is 1.30 bits per heavy atom. The molecule has 0 aliphatic carbocycles. The van der Waals surface area contributed by atoms with Crippen molar-refractivity contribution in [2.24, 2.45) is 0 Å². The summed E-state index contributed by atoms with van der Waals surface area (Å²) in [5, 5.41) is 0.633. The number of carbonyl (C=O) groups excluding carboxylic acids is 1. The Bertz CT molecular complexity index is 557. The van der Waals surface area contributed by atoms with Crippen molar-refractivity contribution in [1.29, 1.82) is 0 Å². The van der Waals surface area contributed by atoms with E-state index in [1.165, 1.54) is 7.11 Å². The zero-order valence-electron chi connectivity index (χ0n) is 11.0. The molecule has 1 atom stereocenters. The number of benzene rings is 1. The molecule has 5 heteroatoms. The van der Waals surface area contributed by atoms with E-state index < -0.39 is 5.92 Å². The molecule has 0 spiro atoms. The number of ether oxygens (including phenoxy) is 2. The standard InChI is InChI=1S/C15H14ClNO3/c1-19-15(18)14(11-3-2-8-17-9-11)10-20-13-6-4-12(16)5-7-13/h2-9,14H,10H2,1H3. The first-order valence-electron chi connectivity index (χ1n) is 6.07. The molecule has 0 saturated carbocycles. The Morgan fingerprint density at radius 3 is 2.65 bits per heavy atom. The molecule has 0 aliphatic heterocycles. The van der Waals surface area contributed by atoms with E-state index in [1.54, 1.807) is 42.7 Å². The number of nitrogens with zero attached hydrogens (tertiary/aromatic N) is 1. The predicted molar refractivity (Wildman–Crippen MR) is 75.9 cm³/mol. The second-order valence-electron chi connectivity index (χ2n) is 4.13. The minimum atomic E-state index is -0.510. The molecule has 1 aromatic carbocycles. The van der Waals surface area contributed by atoms with E-state index in [0.717, 1.165) is 5.56 Å². The van der Waals surface area contributed by atoms with Gasteiger partial charge in [0.15, 0.2) is 0 Å². The average Bonchev–Trinajstić information content (AvgIpc) is 2.50. The molecule has 0 amide bonds. The maximum atomic E-state index is 11.8. The lowest BCUT2D eigenvalue weighted by Crippen LogP contribution is -2.21. The number of methoxy groups -OCH3 is 1. The van der Waals surface area contributed by atoms with E-state index in [9.17, 15) is 4.79 Å². The topological polar surface area (TPSA) is 48.4 Å². The quantitative estimate of drug-likeness (QED) is 0.794. The van der Waals surface area contributed by atoms with Gasteiger partial charge in [0, 0.05) is 17.4 Å². The van der Waals surface area contributed by atoms with Gasteiger partial charge in [-0.05, 0) is 35.9 Å². The highest BCUT2D eigenvalue weighted by molar-refractivity contribution is 6.30. The summed E-state index contributed by atoms with van der Waals surface area (Å²) in [5.74, 6) is -0.219. The maximum Gasteiger partial charge on any atom is 0.316 e. The number of rotatable bonds is 5. The molecule has 1 heterocycles. The van der Waals surface area contributed by atoms with Gasteiger partial charge >= 0.3 is 5.97 Å². The molecule has 1 unspecified atom stereocenters. The predicted octanol–water partition coefficient (Wildman–Crippen LogP) is 3.07. The highest BCUT2D eigenvalue weighted by atomic mass is 35.5. The van der Waals surface area contributed by atoms with Gasteiger partial charge in [0.2, 0.25) is 0 Å². The van der Waals surface area contributed by atoms with Crippen LogP contribution >= 0.6 is 11.6 Å². The smallest absolute Gasteiger partial charge is 0.316 e. The summed E-state index contributed by atoms with van der Waals surface area (Å²) >= 11 is 5.81. The van der Waals surface area contributed by atoms with Crippen molar-refractivity contribution in [3.63, 3.8) is 0 Å². The normalized spacial score (nSPS) is 11.7. The average molecular weight is 292 g/mol. The third kappa shape index (κ3) is 3.71. The van der Waals surface area contributed by atoms with Crippen LogP contribution < -0.4 is 4.74 Å². The van der Waals surface area contributed by atoms with Gasteiger partial charge in [-0.25, -0.2) is 0 Å². The van der Waals surface area contributed by atoms with E-state index in [1.807, 2.05) is 6.07 Å². The molecule has 0 bridgehead atoms. The molecule has 2 aromatic rings. The monoisotopic (exact) mass is 291 g/mol. The molecule has 2 rings (SSSR count). The van der Waals surface area contributed by atoms with Crippen LogP contribution in [0.2, 0.25) is 5.02 Å². The van der Waals surface area contributed by atoms with Gasteiger partial charge in [-0.3, -0.25) is 9.78 Å². The molecule has 0 aliphatic rings. The van der Waals surface area contributed by atoms with Crippen LogP contribution in [0.3, 0.4) is 0 Å². The lowest BCUT2D eigenvalue weighted by atomic mass is 10.0. The first kappa shape index (κ1) is 14.3. The molecule has 0 radical (unpaired) electrons. The Balaban J connectivity index is 2.09. The molecular formula is C15H14ClNO3. The molecule has 0 fully saturated rings. The highest BCUT2D eigenvalue weighted by Crippen LogP contribution is 2.20. The van der Waals surface area contributed by atoms with Crippen molar-refractivity contribution in [2.75, 3.05) is 13.7 Å². The molecule has 1 aromatic heterocycles. The Morgan fingerprint density at radius 2 is 2.05 bits per heavy atom. The maximum absolute atomic E-state index is 11.8. The van der Waals surface area contributed by atoms with Crippen LogP contribution in [-0.4, -0.2) is 24.7 Å². The third-order valence-electron chi connectivity index (χ3n) is 2.80. The Hall–Kier alpha value is -2.07. The summed E-state index contributed by atoms with van der Waals surface area (Å²) in [5.41, 5.74) is 0.758. The number of halogens is 1. The highest BCUT2D eigenvalue weighted by Gasteiger charge is 2.22. The van der Waals surface area contributed by atoms with Crippen molar-refractivity contribution in [1.82, 2.24) is 4.98 Å². The van der Waals surface area contributed by atoms with Gasteiger partial charge in [0.25, 0.3) is 0 Å². The lowest BCUT2D eigenvalue weighted by Gasteiger charge is -2.15. The third-order valence-corrected chi connectivity index (χ3v) is 3.05. The van der Waals surface area contributed by atoms with Gasteiger partial charge < -0.3 is 9.47 Å². The Labute approximate surface area is 122 Å². The van der Waals surface area contributed by atoms with Crippen LogP contribution in [0.4, 0.5) is 0 Å². The van der Waals surface area contributed by atoms with E-state index >= 15 is 0 Å². The van der Waals surface area contributed by atoms with Gasteiger partial charge in [-0.2, -0.15) is 0 Å². The SMILES string of the molecule is COC(=O)C(COc1ccc(Cl)cc1)c1cccnc1. The summed E-state index contributed by atoms with van der Waals surface area (Å²) in [6.07, 6.45) is 3.28. The number of aromatic nitrogens is 1. The van der Waals surface area contributed by atoms with Crippen LogP contribution in [-0.2, 0) is 9.53 Å². The first-order valence-corrected chi connectivity index (χ1v) is 6.44. The van der Waals surface area contributed by atoms with Gasteiger partial charge in [-0.1, -0.05) is 17.7 Å². The fourth-order valence-electron chi connectivity index (χ4n) is 1.74. The van der Waals surface area contributed by atoms with Crippen LogP contribution in [0.15, 0.2) is 48.8 Å².